The van der Waals surface area contributed by atoms with Crippen molar-refractivity contribution in [2.45, 2.75) is 63.8 Å². The predicted molar refractivity (Wildman–Crippen MR) is 67.3 cm³/mol. The van der Waals surface area contributed by atoms with Gasteiger partial charge in [-0.25, -0.2) is 0 Å². The van der Waals surface area contributed by atoms with E-state index in [1.165, 1.54) is 57.8 Å². The number of ether oxygens (including phenoxy) is 1. The van der Waals surface area contributed by atoms with Gasteiger partial charge in [-0.3, -0.25) is 0 Å². The molecule has 1 unspecified atom stereocenters. The molecule has 1 heterocycles. The molecule has 2 heteroatoms. The molecule has 0 aromatic rings. The smallest absolute Gasteiger partial charge is 0.0468 e. The molecule has 0 amide bonds. The Kier molecular flexibility index (Phi) is 5.11. The van der Waals surface area contributed by atoms with E-state index in [-0.39, 0.29) is 0 Å². The maximum Gasteiger partial charge on any atom is 0.0468 e. The summed E-state index contributed by atoms with van der Waals surface area (Å²) in [6.07, 6.45) is 12.2. The lowest BCUT2D eigenvalue weighted by atomic mass is 9.89. The third-order valence-electron chi connectivity index (χ3n) is 4.40. The van der Waals surface area contributed by atoms with E-state index in [0.29, 0.717) is 6.04 Å². The molecule has 0 spiro atoms. The van der Waals surface area contributed by atoms with Crippen molar-refractivity contribution < 1.29 is 4.74 Å². The highest BCUT2D eigenvalue weighted by Gasteiger charge is 2.19. The van der Waals surface area contributed by atoms with Crippen molar-refractivity contribution >= 4 is 0 Å². The molecule has 2 N–H and O–H groups in total. The van der Waals surface area contributed by atoms with Gasteiger partial charge in [0.15, 0.2) is 0 Å². The second kappa shape index (κ2) is 6.61. The molecule has 0 bridgehead atoms. The molecule has 1 aliphatic heterocycles. The fraction of sp³-hybridized carbons (Fsp3) is 1.00. The Balaban J connectivity index is 1.57. The molecule has 1 saturated heterocycles. The van der Waals surface area contributed by atoms with Gasteiger partial charge in [-0.2, -0.15) is 0 Å². The molecular formula is C14H27NO. The first-order valence-corrected chi connectivity index (χ1v) is 7.18. The highest BCUT2D eigenvalue weighted by molar-refractivity contribution is 4.74. The van der Waals surface area contributed by atoms with Crippen LogP contribution in [0.25, 0.3) is 0 Å². The zero-order valence-corrected chi connectivity index (χ0v) is 10.5. The summed E-state index contributed by atoms with van der Waals surface area (Å²) in [5.41, 5.74) is 6.24. The van der Waals surface area contributed by atoms with Crippen molar-refractivity contribution in [1.29, 1.82) is 0 Å². The van der Waals surface area contributed by atoms with Gasteiger partial charge in [0.1, 0.15) is 0 Å². The van der Waals surface area contributed by atoms with Gasteiger partial charge in [0, 0.05) is 19.3 Å². The summed E-state index contributed by atoms with van der Waals surface area (Å²) in [6, 6.07) is 0.448. The molecule has 1 saturated carbocycles. The minimum Gasteiger partial charge on any atom is -0.381 e. The SMILES string of the molecule is NC(CCC1CCCC1)CC1CCOCC1. The van der Waals surface area contributed by atoms with Crippen LogP contribution in [0, 0.1) is 11.8 Å². The van der Waals surface area contributed by atoms with Crippen LogP contribution in [0.2, 0.25) is 0 Å². The minimum absolute atomic E-state index is 0.448. The Morgan fingerprint density at radius 3 is 2.38 bits per heavy atom. The van der Waals surface area contributed by atoms with E-state index in [1.807, 2.05) is 0 Å². The van der Waals surface area contributed by atoms with E-state index in [9.17, 15) is 0 Å². The fourth-order valence-corrected chi connectivity index (χ4v) is 3.28. The summed E-state index contributed by atoms with van der Waals surface area (Å²) in [6.45, 7) is 1.92. The van der Waals surface area contributed by atoms with Crippen molar-refractivity contribution in [3.63, 3.8) is 0 Å². The molecule has 1 atom stereocenters. The molecule has 16 heavy (non-hydrogen) atoms. The monoisotopic (exact) mass is 225 g/mol. The number of hydrogen-bond donors (Lipinski definition) is 1. The van der Waals surface area contributed by atoms with Crippen LogP contribution in [0.4, 0.5) is 0 Å². The molecule has 2 aliphatic rings. The summed E-state index contributed by atoms with van der Waals surface area (Å²) in [4.78, 5) is 0. The first kappa shape index (κ1) is 12.4. The van der Waals surface area contributed by atoms with Crippen molar-refractivity contribution in [2.24, 2.45) is 17.6 Å². The van der Waals surface area contributed by atoms with Gasteiger partial charge in [-0.15, -0.1) is 0 Å². The Morgan fingerprint density at radius 1 is 1.00 bits per heavy atom. The molecule has 2 nitrogen and oxygen atoms in total. The number of rotatable bonds is 5. The number of hydrogen-bond acceptors (Lipinski definition) is 2. The van der Waals surface area contributed by atoms with E-state index >= 15 is 0 Å². The van der Waals surface area contributed by atoms with Gasteiger partial charge < -0.3 is 10.5 Å². The minimum atomic E-state index is 0.448. The van der Waals surface area contributed by atoms with Gasteiger partial charge in [0.2, 0.25) is 0 Å². The second-order valence-corrected chi connectivity index (χ2v) is 5.78. The van der Waals surface area contributed by atoms with Crippen molar-refractivity contribution in [2.75, 3.05) is 13.2 Å². The van der Waals surface area contributed by atoms with Crippen LogP contribution >= 0.6 is 0 Å². The Bertz CT molecular complexity index is 183. The summed E-state index contributed by atoms with van der Waals surface area (Å²) < 4.78 is 5.38. The van der Waals surface area contributed by atoms with Gasteiger partial charge >= 0.3 is 0 Å². The third-order valence-corrected chi connectivity index (χ3v) is 4.40. The highest BCUT2D eigenvalue weighted by atomic mass is 16.5. The Morgan fingerprint density at radius 2 is 1.69 bits per heavy atom. The third kappa shape index (κ3) is 4.06. The largest absolute Gasteiger partial charge is 0.381 e. The number of nitrogens with two attached hydrogens (primary N) is 1. The maximum atomic E-state index is 6.24. The molecule has 94 valence electrons. The quantitative estimate of drug-likeness (QED) is 0.780. The summed E-state index contributed by atoms with van der Waals surface area (Å²) in [5.74, 6) is 1.84. The van der Waals surface area contributed by atoms with Crippen LogP contribution in [0.1, 0.15) is 57.8 Å². The van der Waals surface area contributed by atoms with Crippen LogP contribution in [0.3, 0.4) is 0 Å². The van der Waals surface area contributed by atoms with Crippen LogP contribution < -0.4 is 5.73 Å². The topological polar surface area (TPSA) is 35.2 Å². The van der Waals surface area contributed by atoms with Gasteiger partial charge in [-0.05, 0) is 43.9 Å². The van der Waals surface area contributed by atoms with E-state index in [0.717, 1.165) is 25.0 Å². The molecule has 0 radical (unpaired) electrons. The molecule has 1 aliphatic carbocycles. The molecular weight excluding hydrogens is 198 g/mol. The van der Waals surface area contributed by atoms with Gasteiger partial charge in [-0.1, -0.05) is 25.7 Å². The Hall–Kier alpha value is -0.0800. The molecule has 2 fully saturated rings. The van der Waals surface area contributed by atoms with Gasteiger partial charge in [0.05, 0.1) is 0 Å². The van der Waals surface area contributed by atoms with Crippen molar-refractivity contribution in [1.82, 2.24) is 0 Å². The Labute approximate surface area is 99.9 Å². The first-order valence-electron chi connectivity index (χ1n) is 7.18. The molecule has 0 aromatic carbocycles. The predicted octanol–water partition coefficient (Wildman–Crippen LogP) is 3.10. The normalized spacial score (nSPS) is 26.1. The van der Waals surface area contributed by atoms with E-state index in [1.54, 1.807) is 0 Å². The summed E-state index contributed by atoms with van der Waals surface area (Å²) in [5, 5.41) is 0. The van der Waals surface area contributed by atoms with Crippen molar-refractivity contribution in [3.05, 3.63) is 0 Å². The zero-order chi connectivity index (χ0) is 11.2. The fourth-order valence-electron chi connectivity index (χ4n) is 3.28. The van der Waals surface area contributed by atoms with Gasteiger partial charge in [0.25, 0.3) is 0 Å². The average molecular weight is 225 g/mol. The molecule has 0 aromatic heterocycles. The molecule has 2 rings (SSSR count). The van der Waals surface area contributed by atoms with E-state index < -0.39 is 0 Å². The van der Waals surface area contributed by atoms with Crippen LogP contribution in [-0.2, 0) is 4.74 Å². The average Bonchev–Trinajstić information content (AvgIpc) is 2.81. The van der Waals surface area contributed by atoms with Crippen LogP contribution in [0.15, 0.2) is 0 Å². The standard InChI is InChI=1S/C14H27NO/c15-14(6-5-12-3-1-2-4-12)11-13-7-9-16-10-8-13/h12-14H,1-11,15H2. The lowest BCUT2D eigenvalue weighted by molar-refractivity contribution is 0.0614. The maximum absolute atomic E-state index is 6.24. The highest BCUT2D eigenvalue weighted by Crippen LogP contribution is 2.30. The second-order valence-electron chi connectivity index (χ2n) is 5.78. The lowest BCUT2D eigenvalue weighted by Crippen LogP contribution is -2.27. The van der Waals surface area contributed by atoms with Crippen molar-refractivity contribution in [3.8, 4) is 0 Å². The van der Waals surface area contributed by atoms with Crippen LogP contribution in [0.5, 0.6) is 0 Å². The van der Waals surface area contributed by atoms with Crippen LogP contribution in [-0.4, -0.2) is 19.3 Å². The lowest BCUT2D eigenvalue weighted by Gasteiger charge is -2.25. The van der Waals surface area contributed by atoms with E-state index in [4.69, 9.17) is 10.5 Å². The summed E-state index contributed by atoms with van der Waals surface area (Å²) >= 11 is 0. The first-order chi connectivity index (χ1) is 7.84. The zero-order valence-electron chi connectivity index (χ0n) is 10.5. The summed E-state index contributed by atoms with van der Waals surface area (Å²) in [7, 11) is 0. The van der Waals surface area contributed by atoms with E-state index in [2.05, 4.69) is 0 Å².